The third-order valence-corrected chi connectivity index (χ3v) is 6.93. The Morgan fingerprint density at radius 1 is 0.871 bits per heavy atom. The first-order chi connectivity index (χ1) is 14.8. The van der Waals surface area contributed by atoms with Crippen LogP contribution in [-0.4, -0.2) is 21.6 Å². The predicted octanol–water partition coefficient (Wildman–Crippen LogP) is 5.57. The van der Waals surface area contributed by atoms with Crippen molar-refractivity contribution in [3.05, 3.63) is 59.7 Å². The molecule has 2 aliphatic rings. The van der Waals surface area contributed by atoms with Crippen LogP contribution < -0.4 is 5.73 Å². The van der Waals surface area contributed by atoms with Gasteiger partial charge in [-0.25, -0.2) is 8.78 Å². The highest BCUT2D eigenvalue weighted by atomic mass is 19.3. The van der Waals surface area contributed by atoms with E-state index in [0.29, 0.717) is 24.1 Å². The van der Waals surface area contributed by atoms with Crippen LogP contribution in [0.15, 0.2) is 53.1 Å². The van der Waals surface area contributed by atoms with Gasteiger partial charge in [0.2, 0.25) is 11.7 Å². The molecule has 0 amide bonds. The van der Waals surface area contributed by atoms with Crippen molar-refractivity contribution in [2.24, 2.45) is 0 Å². The number of alkyl halides is 2. The molecular formula is C25H28F2N3O+. The fraction of sp³-hybridized carbons (Fsp3) is 0.440. The first-order valence-corrected chi connectivity index (χ1v) is 11.1. The Morgan fingerprint density at radius 2 is 1.45 bits per heavy atom. The van der Waals surface area contributed by atoms with Gasteiger partial charge in [-0.2, -0.15) is 4.98 Å². The lowest BCUT2D eigenvalue weighted by Crippen LogP contribution is -2.69. The summed E-state index contributed by atoms with van der Waals surface area (Å²) in [5, 5.41) is 4.14. The number of nitrogens with zero attached hydrogens (tertiary/aromatic N) is 2. The topological polar surface area (TPSA) is 66.6 Å². The summed E-state index contributed by atoms with van der Waals surface area (Å²) in [7, 11) is 0. The molecular weight excluding hydrogens is 396 g/mol. The van der Waals surface area contributed by atoms with Gasteiger partial charge in [-0.3, -0.25) is 0 Å². The second-order valence-corrected chi connectivity index (χ2v) is 9.71. The quantitative estimate of drug-likeness (QED) is 0.595. The molecule has 162 valence electrons. The number of hydrogen-bond donors (Lipinski definition) is 1. The highest BCUT2D eigenvalue weighted by Crippen LogP contribution is 2.44. The van der Waals surface area contributed by atoms with Gasteiger partial charge in [-0.1, -0.05) is 41.6 Å². The molecule has 3 N–H and O–H groups in total. The van der Waals surface area contributed by atoms with E-state index in [2.05, 4.69) is 34.9 Å². The molecule has 6 heteroatoms. The minimum atomic E-state index is -2.54. The van der Waals surface area contributed by atoms with Gasteiger partial charge in [0.15, 0.2) is 0 Å². The summed E-state index contributed by atoms with van der Waals surface area (Å²) >= 11 is 0. The number of hydrogen-bond acceptors (Lipinski definition) is 3. The molecule has 4 nitrogen and oxygen atoms in total. The van der Waals surface area contributed by atoms with Gasteiger partial charge in [0.1, 0.15) is 0 Å². The van der Waals surface area contributed by atoms with Gasteiger partial charge in [0.05, 0.1) is 5.54 Å². The van der Waals surface area contributed by atoms with E-state index in [1.54, 1.807) is 0 Å². The van der Waals surface area contributed by atoms with E-state index in [4.69, 9.17) is 4.52 Å². The third-order valence-electron chi connectivity index (χ3n) is 6.93. The standard InChI is InChI=1S/C25H27F2N3O/c1-24(28)12-10-20(14-24)16-2-6-18(7-3-16)22-29-23(31-30-22)19-8-4-17(5-9-19)21-11-13-25(26,27)15-21/h2-9,20-21H,10-15,28H2,1H3/p+1. The minimum Gasteiger partial charge on any atom is -0.353 e. The van der Waals surface area contributed by atoms with Gasteiger partial charge in [0.25, 0.3) is 5.89 Å². The molecule has 31 heavy (non-hydrogen) atoms. The Labute approximate surface area is 180 Å². The molecule has 2 aliphatic carbocycles. The Balaban J connectivity index is 1.29. The average Bonchev–Trinajstić information content (AvgIpc) is 3.47. The van der Waals surface area contributed by atoms with Crippen LogP contribution >= 0.6 is 0 Å². The Morgan fingerprint density at radius 3 is 2.00 bits per heavy atom. The maximum atomic E-state index is 13.5. The summed E-state index contributed by atoms with van der Waals surface area (Å²) in [5.74, 6) is -1.07. The molecule has 1 heterocycles. The number of aromatic nitrogens is 2. The van der Waals surface area contributed by atoms with Crippen LogP contribution in [0.3, 0.4) is 0 Å². The van der Waals surface area contributed by atoms with Crippen LogP contribution in [0.2, 0.25) is 0 Å². The van der Waals surface area contributed by atoms with E-state index in [1.165, 1.54) is 12.0 Å². The van der Waals surface area contributed by atoms with Crippen molar-refractivity contribution >= 4 is 0 Å². The predicted molar refractivity (Wildman–Crippen MR) is 115 cm³/mol. The summed E-state index contributed by atoms with van der Waals surface area (Å²) in [5.41, 5.74) is 8.49. The number of rotatable bonds is 4. The molecule has 0 spiro atoms. The SMILES string of the molecule is CC1([NH3+])CCC(c2ccc(-c3noc(-c4ccc(C5CCC(F)(F)C5)cc4)n3)cc2)C1. The Bertz CT molecular complexity index is 973. The zero-order chi connectivity index (χ0) is 21.6. The highest BCUT2D eigenvalue weighted by Gasteiger charge is 2.40. The maximum Gasteiger partial charge on any atom is 0.258 e. The van der Waals surface area contributed by atoms with Crippen molar-refractivity contribution in [3.63, 3.8) is 0 Å². The summed E-state index contributed by atoms with van der Waals surface area (Å²) in [6.45, 7) is 2.23. The molecule has 2 aromatic carbocycles. The molecule has 2 fully saturated rings. The molecule has 5 rings (SSSR count). The number of benzene rings is 2. The lowest BCUT2D eigenvalue weighted by molar-refractivity contribution is -0.469. The van der Waals surface area contributed by atoms with Crippen molar-refractivity contribution in [2.75, 3.05) is 0 Å². The molecule has 0 radical (unpaired) electrons. The van der Waals surface area contributed by atoms with E-state index in [9.17, 15) is 8.78 Å². The van der Waals surface area contributed by atoms with E-state index in [-0.39, 0.29) is 24.3 Å². The molecule has 0 aliphatic heterocycles. The van der Waals surface area contributed by atoms with Gasteiger partial charge in [-0.05, 0) is 54.9 Å². The van der Waals surface area contributed by atoms with Crippen molar-refractivity contribution in [3.8, 4) is 22.8 Å². The molecule has 0 bridgehead atoms. The second kappa shape index (κ2) is 7.52. The maximum absolute atomic E-state index is 13.5. The van der Waals surface area contributed by atoms with Crippen LogP contribution in [0.4, 0.5) is 8.78 Å². The van der Waals surface area contributed by atoms with E-state index in [0.717, 1.165) is 29.5 Å². The van der Waals surface area contributed by atoms with Crippen LogP contribution in [-0.2, 0) is 0 Å². The zero-order valence-corrected chi connectivity index (χ0v) is 17.8. The van der Waals surface area contributed by atoms with E-state index >= 15 is 0 Å². The van der Waals surface area contributed by atoms with Crippen molar-refractivity contribution in [1.29, 1.82) is 0 Å². The summed E-state index contributed by atoms with van der Waals surface area (Å²) in [6, 6.07) is 16.0. The lowest BCUT2D eigenvalue weighted by Gasteiger charge is -2.14. The Hall–Kier alpha value is -2.60. The molecule has 3 unspecified atom stereocenters. The fourth-order valence-electron chi connectivity index (χ4n) is 5.10. The first-order valence-electron chi connectivity index (χ1n) is 11.1. The van der Waals surface area contributed by atoms with Gasteiger partial charge >= 0.3 is 0 Å². The van der Waals surface area contributed by atoms with Gasteiger partial charge < -0.3 is 10.3 Å². The van der Waals surface area contributed by atoms with Crippen molar-refractivity contribution in [2.45, 2.75) is 68.7 Å². The van der Waals surface area contributed by atoms with E-state index in [1.807, 2.05) is 36.4 Å². The smallest absolute Gasteiger partial charge is 0.258 e. The first kappa shape index (κ1) is 20.3. The third kappa shape index (κ3) is 4.26. The van der Waals surface area contributed by atoms with Crippen molar-refractivity contribution < 1.29 is 19.0 Å². The largest absolute Gasteiger partial charge is 0.353 e. The lowest BCUT2D eigenvalue weighted by atomic mass is 9.94. The molecule has 3 aromatic rings. The van der Waals surface area contributed by atoms with Gasteiger partial charge in [-0.15, -0.1) is 0 Å². The Kier molecular flexibility index (Phi) is 4.93. The summed E-state index contributed by atoms with van der Waals surface area (Å²) < 4.78 is 32.5. The van der Waals surface area contributed by atoms with Crippen LogP contribution in [0.1, 0.15) is 68.4 Å². The summed E-state index contributed by atoms with van der Waals surface area (Å²) in [6.07, 6.45) is 3.90. The summed E-state index contributed by atoms with van der Waals surface area (Å²) in [4.78, 5) is 4.54. The zero-order valence-electron chi connectivity index (χ0n) is 17.8. The normalized spacial score (nSPS) is 27.6. The van der Waals surface area contributed by atoms with Crippen LogP contribution in [0, 0.1) is 0 Å². The minimum absolute atomic E-state index is 0.0272. The highest BCUT2D eigenvalue weighted by molar-refractivity contribution is 5.60. The average molecular weight is 425 g/mol. The molecule has 3 atom stereocenters. The number of quaternary nitrogens is 1. The molecule has 1 aromatic heterocycles. The molecule has 2 saturated carbocycles. The fourth-order valence-corrected chi connectivity index (χ4v) is 5.10. The van der Waals surface area contributed by atoms with Crippen molar-refractivity contribution in [1.82, 2.24) is 10.1 Å². The second-order valence-electron chi connectivity index (χ2n) is 9.71. The van der Waals surface area contributed by atoms with Gasteiger partial charge in [0, 0.05) is 36.8 Å². The molecule has 0 saturated heterocycles. The van der Waals surface area contributed by atoms with E-state index < -0.39 is 5.92 Å². The number of halogens is 2. The van der Waals surface area contributed by atoms with Crippen LogP contribution in [0.5, 0.6) is 0 Å². The monoisotopic (exact) mass is 424 g/mol. The van der Waals surface area contributed by atoms with Crippen LogP contribution in [0.25, 0.3) is 22.8 Å².